The van der Waals surface area contributed by atoms with E-state index in [4.69, 9.17) is 9.47 Å². The second-order valence-electron chi connectivity index (χ2n) is 5.68. The predicted molar refractivity (Wildman–Crippen MR) is 97.0 cm³/mol. The molecule has 0 spiro atoms. The molecule has 0 unspecified atom stereocenters. The number of ether oxygens (including phenoxy) is 3. The van der Waals surface area contributed by atoms with Crippen LogP contribution in [0.4, 0.5) is 0 Å². The number of methoxy groups -OCH3 is 2. The van der Waals surface area contributed by atoms with Gasteiger partial charge in [-0.2, -0.15) is 0 Å². The highest BCUT2D eigenvalue weighted by molar-refractivity contribution is 5.74. The van der Waals surface area contributed by atoms with Gasteiger partial charge in [-0.25, -0.2) is 4.79 Å². The summed E-state index contributed by atoms with van der Waals surface area (Å²) in [6.45, 7) is 3.27. The van der Waals surface area contributed by atoms with Crippen molar-refractivity contribution in [2.24, 2.45) is 0 Å². The molecule has 0 aliphatic rings. The van der Waals surface area contributed by atoms with Crippen LogP contribution in [0, 0.1) is 0 Å². The van der Waals surface area contributed by atoms with Crippen molar-refractivity contribution < 1.29 is 19.0 Å². The van der Waals surface area contributed by atoms with Crippen LogP contribution >= 0.6 is 0 Å². The lowest BCUT2D eigenvalue weighted by molar-refractivity contribution is -0.147. The lowest BCUT2D eigenvalue weighted by Crippen LogP contribution is -2.25. The van der Waals surface area contributed by atoms with E-state index in [1.807, 2.05) is 36.4 Å². The molecule has 0 aliphatic heterocycles. The van der Waals surface area contributed by atoms with Crippen molar-refractivity contribution in [3.05, 3.63) is 59.7 Å². The second kappa shape index (κ2) is 9.69. The molecule has 0 heterocycles. The smallest absolute Gasteiger partial charge is 0.346 e. The Balaban J connectivity index is 1.88. The molecule has 0 aliphatic carbocycles. The van der Waals surface area contributed by atoms with Gasteiger partial charge in [0.15, 0.2) is 17.6 Å². The third-order valence-corrected chi connectivity index (χ3v) is 3.83. The average Bonchev–Trinajstić information content (AvgIpc) is 2.66. The van der Waals surface area contributed by atoms with Crippen molar-refractivity contribution in [1.82, 2.24) is 5.32 Å². The zero-order valence-corrected chi connectivity index (χ0v) is 15.0. The molecule has 5 nitrogen and oxygen atoms in total. The Morgan fingerprint density at radius 2 is 1.80 bits per heavy atom. The van der Waals surface area contributed by atoms with E-state index < -0.39 is 12.1 Å². The van der Waals surface area contributed by atoms with E-state index in [0.29, 0.717) is 11.5 Å². The third kappa shape index (κ3) is 5.80. The molecule has 0 aromatic heterocycles. The normalized spacial score (nSPS) is 11.6. The maximum absolute atomic E-state index is 11.5. The Morgan fingerprint density at radius 3 is 2.48 bits per heavy atom. The van der Waals surface area contributed by atoms with E-state index in [1.165, 1.54) is 12.7 Å². The Kier molecular flexibility index (Phi) is 7.29. The summed E-state index contributed by atoms with van der Waals surface area (Å²) < 4.78 is 15.6. The second-order valence-corrected chi connectivity index (χ2v) is 5.68. The van der Waals surface area contributed by atoms with Crippen LogP contribution in [-0.4, -0.2) is 32.8 Å². The van der Waals surface area contributed by atoms with E-state index in [-0.39, 0.29) is 0 Å². The van der Waals surface area contributed by atoms with Crippen LogP contribution in [0.5, 0.6) is 11.5 Å². The van der Waals surface area contributed by atoms with E-state index in [2.05, 4.69) is 22.2 Å². The highest BCUT2D eigenvalue weighted by atomic mass is 16.6. The molecular weight excluding hydrogens is 318 g/mol. The van der Waals surface area contributed by atoms with Gasteiger partial charge >= 0.3 is 5.97 Å². The number of carbonyl (C=O) groups is 1. The van der Waals surface area contributed by atoms with Crippen molar-refractivity contribution in [1.29, 1.82) is 0 Å². The van der Waals surface area contributed by atoms with Gasteiger partial charge in [0.1, 0.15) is 0 Å². The molecule has 2 aromatic carbocycles. The molecule has 1 atom stereocenters. The Labute approximate surface area is 148 Å². The van der Waals surface area contributed by atoms with Gasteiger partial charge in [-0.15, -0.1) is 0 Å². The number of hydrogen-bond acceptors (Lipinski definition) is 5. The molecule has 2 rings (SSSR count). The van der Waals surface area contributed by atoms with Gasteiger partial charge in [-0.3, -0.25) is 0 Å². The summed E-state index contributed by atoms with van der Waals surface area (Å²) in [5, 5.41) is 3.42. The monoisotopic (exact) mass is 343 g/mol. The van der Waals surface area contributed by atoms with Crippen molar-refractivity contribution in [2.75, 3.05) is 20.8 Å². The zero-order valence-electron chi connectivity index (χ0n) is 15.0. The standard InChI is InChI=1S/C20H25NO4/c1-15(20(22)24-3)25-18-10-9-17(13-19(18)23-2)14-21-12-11-16-7-5-4-6-8-16/h4-10,13,15,21H,11-12,14H2,1-3H3/t15-/m0/s1. The highest BCUT2D eigenvalue weighted by Crippen LogP contribution is 2.29. The van der Waals surface area contributed by atoms with Gasteiger partial charge in [-0.05, 0) is 43.1 Å². The summed E-state index contributed by atoms with van der Waals surface area (Å²) in [5.74, 6) is 0.695. The van der Waals surface area contributed by atoms with Crippen molar-refractivity contribution in [3.63, 3.8) is 0 Å². The van der Waals surface area contributed by atoms with Crippen LogP contribution in [0.15, 0.2) is 48.5 Å². The molecule has 1 N–H and O–H groups in total. The first-order valence-electron chi connectivity index (χ1n) is 8.30. The molecule has 0 radical (unpaired) electrons. The summed E-state index contributed by atoms with van der Waals surface area (Å²) in [4.78, 5) is 11.5. The molecule has 0 fully saturated rings. The number of rotatable bonds is 9. The maximum Gasteiger partial charge on any atom is 0.346 e. The molecule has 0 bridgehead atoms. The number of esters is 1. The first-order valence-corrected chi connectivity index (χ1v) is 8.30. The molecule has 0 saturated heterocycles. The molecule has 0 amide bonds. The molecular formula is C20H25NO4. The summed E-state index contributed by atoms with van der Waals surface area (Å²) >= 11 is 0. The summed E-state index contributed by atoms with van der Waals surface area (Å²) in [6.07, 6.45) is 0.296. The van der Waals surface area contributed by atoms with Crippen LogP contribution in [-0.2, 0) is 22.5 Å². The summed E-state index contributed by atoms with van der Waals surface area (Å²) in [5.41, 5.74) is 2.40. The Hall–Kier alpha value is -2.53. The van der Waals surface area contributed by atoms with E-state index in [9.17, 15) is 4.79 Å². The minimum atomic E-state index is -0.686. The SMILES string of the molecule is COC(=O)[C@H](C)Oc1ccc(CNCCc2ccccc2)cc1OC. The molecule has 134 valence electrons. The van der Waals surface area contributed by atoms with Crippen molar-refractivity contribution in [2.45, 2.75) is 26.0 Å². The number of benzene rings is 2. The zero-order chi connectivity index (χ0) is 18.1. The molecule has 0 saturated carbocycles. The lowest BCUT2D eigenvalue weighted by Gasteiger charge is -2.16. The average molecular weight is 343 g/mol. The van der Waals surface area contributed by atoms with E-state index >= 15 is 0 Å². The van der Waals surface area contributed by atoms with Gasteiger partial charge in [0.25, 0.3) is 0 Å². The molecule has 5 heteroatoms. The minimum absolute atomic E-state index is 0.422. The van der Waals surface area contributed by atoms with Crippen LogP contribution < -0.4 is 14.8 Å². The minimum Gasteiger partial charge on any atom is -0.493 e. The Morgan fingerprint density at radius 1 is 1.04 bits per heavy atom. The largest absolute Gasteiger partial charge is 0.493 e. The van der Waals surface area contributed by atoms with Gasteiger partial charge in [0.05, 0.1) is 14.2 Å². The Bertz CT molecular complexity index is 673. The number of nitrogens with one attached hydrogen (secondary N) is 1. The predicted octanol–water partition coefficient (Wildman–Crippen LogP) is 2.97. The maximum atomic E-state index is 11.5. The van der Waals surface area contributed by atoms with Crippen molar-refractivity contribution >= 4 is 5.97 Å². The van der Waals surface area contributed by atoms with Gasteiger partial charge in [-0.1, -0.05) is 36.4 Å². The van der Waals surface area contributed by atoms with Crippen LogP contribution in [0.3, 0.4) is 0 Å². The van der Waals surface area contributed by atoms with E-state index in [0.717, 1.165) is 25.1 Å². The van der Waals surface area contributed by atoms with Gasteiger partial charge in [0, 0.05) is 6.54 Å². The summed E-state index contributed by atoms with van der Waals surface area (Å²) in [6, 6.07) is 16.0. The fourth-order valence-electron chi connectivity index (χ4n) is 2.43. The topological polar surface area (TPSA) is 56.8 Å². The van der Waals surface area contributed by atoms with Gasteiger partial charge < -0.3 is 19.5 Å². The first-order chi connectivity index (χ1) is 12.1. The first kappa shape index (κ1) is 18.8. The van der Waals surface area contributed by atoms with Crippen LogP contribution in [0.2, 0.25) is 0 Å². The number of carbonyl (C=O) groups excluding carboxylic acids is 1. The van der Waals surface area contributed by atoms with E-state index in [1.54, 1.807) is 14.0 Å². The fourth-order valence-corrected chi connectivity index (χ4v) is 2.43. The highest BCUT2D eigenvalue weighted by Gasteiger charge is 2.17. The quantitative estimate of drug-likeness (QED) is 0.560. The van der Waals surface area contributed by atoms with Crippen LogP contribution in [0.1, 0.15) is 18.1 Å². The molecule has 2 aromatic rings. The number of hydrogen-bond donors (Lipinski definition) is 1. The third-order valence-electron chi connectivity index (χ3n) is 3.83. The lowest BCUT2D eigenvalue weighted by atomic mass is 10.1. The van der Waals surface area contributed by atoms with Crippen LogP contribution in [0.25, 0.3) is 0 Å². The van der Waals surface area contributed by atoms with Gasteiger partial charge in [0.2, 0.25) is 0 Å². The fraction of sp³-hybridized carbons (Fsp3) is 0.350. The van der Waals surface area contributed by atoms with Crippen molar-refractivity contribution in [3.8, 4) is 11.5 Å². The summed E-state index contributed by atoms with van der Waals surface area (Å²) in [7, 11) is 2.92. The molecule has 25 heavy (non-hydrogen) atoms.